The number of ether oxygens (including phenoxy) is 1. The van der Waals surface area contributed by atoms with Crippen molar-refractivity contribution in [3.63, 3.8) is 0 Å². The molecule has 1 aliphatic carbocycles. The van der Waals surface area contributed by atoms with Gasteiger partial charge in [-0.05, 0) is 35.4 Å². The van der Waals surface area contributed by atoms with Crippen LogP contribution in [0, 0.1) is 17.7 Å². The number of rotatable bonds is 4. The van der Waals surface area contributed by atoms with Gasteiger partial charge in [-0.15, -0.1) is 0 Å². The average molecular weight is 382 g/mol. The van der Waals surface area contributed by atoms with Crippen molar-refractivity contribution in [1.29, 1.82) is 0 Å². The Morgan fingerprint density at radius 2 is 2.04 bits per heavy atom. The van der Waals surface area contributed by atoms with E-state index in [1.165, 1.54) is 17.9 Å². The molecule has 2 aliphatic heterocycles. The van der Waals surface area contributed by atoms with Crippen LogP contribution in [0.4, 0.5) is 14.9 Å². The van der Waals surface area contributed by atoms with Crippen molar-refractivity contribution in [2.24, 2.45) is 11.8 Å². The number of carbonyl (C=O) groups excluding carboxylic acids is 2. The van der Waals surface area contributed by atoms with E-state index in [0.29, 0.717) is 11.3 Å². The fourth-order valence-electron chi connectivity index (χ4n) is 4.07. The summed E-state index contributed by atoms with van der Waals surface area (Å²) in [6.07, 6.45) is -1.07. The topological polar surface area (TPSA) is 92.8 Å². The van der Waals surface area contributed by atoms with E-state index in [1.54, 1.807) is 12.1 Å². The third-order valence-corrected chi connectivity index (χ3v) is 7.12. The SMILES string of the molecule is CC(=O)NC[C@H]1CN(c2ccc(C3[C@H]4CS(=O)(=O)C[C@@H]34)c(F)c2)C(=O)O1. The molecule has 0 aromatic heterocycles. The number of sulfone groups is 1. The van der Waals surface area contributed by atoms with Gasteiger partial charge in [0, 0.05) is 6.92 Å². The molecule has 2 heterocycles. The Kier molecular flexibility index (Phi) is 3.94. The Balaban J connectivity index is 1.46. The lowest BCUT2D eigenvalue weighted by Gasteiger charge is -2.15. The van der Waals surface area contributed by atoms with E-state index < -0.39 is 27.9 Å². The summed E-state index contributed by atoms with van der Waals surface area (Å²) in [6, 6.07) is 4.58. The third kappa shape index (κ3) is 3.04. The molecule has 1 aromatic rings. The molecule has 2 saturated heterocycles. The van der Waals surface area contributed by atoms with Crippen molar-refractivity contribution in [3.05, 3.63) is 29.6 Å². The first kappa shape index (κ1) is 17.3. The highest BCUT2D eigenvalue weighted by molar-refractivity contribution is 7.91. The van der Waals surface area contributed by atoms with E-state index in [4.69, 9.17) is 4.74 Å². The van der Waals surface area contributed by atoms with Gasteiger partial charge in [-0.25, -0.2) is 17.6 Å². The van der Waals surface area contributed by atoms with Gasteiger partial charge in [0.1, 0.15) is 11.9 Å². The van der Waals surface area contributed by atoms with Gasteiger partial charge in [-0.3, -0.25) is 9.69 Å². The molecule has 0 bridgehead atoms. The summed E-state index contributed by atoms with van der Waals surface area (Å²) < 4.78 is 42.9. The largest absolute Gasteiger partial charge is 0.442 e. The number of halogens is 1. The lowest BCUT2D eigenvalue weighted by molar-refractivity contribution is -0.119. The number of fused-ring (bicyclic) bond motifs is 1. The van der Waals surface area contributed by atoms with E-state index in [2.05, 4.69) is 5.32 Å². The van der Waals surface area contributed by atoms with Crippen LogP contribution in [0.1, 0.15) is 18.4 Å². The average Bonchev–Trinajstić information content (AvgIpc) is 2.89. The van der Waals surface area contributed by atoms with Gasteiger partial charge in [-0.2, -0.15) is 0 Å². The standard InChI is InChI=1S/C17H19FN2O5S/c1-9(21)19-5-11-6-20(17(22)25-11)10-2-3-12(15(18)4-10)16-13-7-26(23,24)8-14(13)16/h2-4,11,13-14,16H,5-8H2,1H3,(H,19,21)/t11-,13-,14+,16?/m0/s1. The maximum absolute atomic E-state index is 14.6. The van der Waals surface area contributed by atoms with Crippen molar-refractivity contribution < 1.29 is 27.1 Å². The Morgan fingerprint density at radius 3 is 2.65 bits per heavy atom. The summed E-state index contributed by atoms with van der Waals surface area (Å²) in [6.45, 7) is 1.81. The van der Waals surface area contributed by atoms with Gasteiger partial charge in [0.25, 0.3) is 0 Å². The Hall–Kier alpha value is -2.16. The van der Waals surface area contributed by atoms with Crippen LogP contribution in [-0.2, 0) is 19.4 Å². The maximum Gasteiger partial charge on any atom is 0.414 e. The van der Waals surface area contributed by atoms with E-state index >= 15 is 0 Å². The fourth-order valence-corrected chi connectivity index (χ4v) is 6.28. The molecule has 3 aliphatic rings. The van der Waals surface area contributed by atoms with Crippen LogP contribution in [0.5, 0.6) is 0 Å². The molecule has 1 saturated carbocycles. The second-order valence-electron chi connectivity index (χ2n) is 7.19. The number of anilines is 1. The van der Waals surface area contributed by atoms with Gasteiger partial charge in [-0.1, -0.05) is 6.07 Å². The molecule has 4 atom stereocenters. The number of carbonyl (C=O) groups is 2. The molecule has 4 rings (SSSR count). The molecule has 3 fully saturated rings. The van der Waals surface area contributed by atoms with Crippen molar-refractivity contribution in [2.75, 3.05) is 29.5 Å². The third-order valence-electron chi connectivity index (χ3n) is 5.33. The summed E-state index contributed by atoms with van der Waals surface area (Å²) in [5, 5.41) is 2.59. The highest BCUT2D eigenvalue weighted by Crippen LogP contribution is 2.59. The molecular weight excluding hydrogens is 363 g/mol. The maximum atomic E-state index is 14.6. The zero-order valence-electron chi connectivity index (χ0n) is 14.1. The summed E-state index contributed by atoms with van der Waals surface area (Å²) in [5.74, 6) is -0.409. The first-order chi connectivity index (χ1) is 12.2. The van der Waals surface area contributed by atoms with Crippen LogP contribution >= 0.6 is 0 Å². The second-order valence-corrected chi connectivity index (χ2v) is 9.34. The van der Waals surface area contributed by atoms with Crippen LogP contribution in [-0.4, -0.2) is 51.1 Å². The minimum Gasteiger partial charge on any atom is -0.442 e. The van der Waals surface area contributed by atoms with Gasteiger partial charge >= 0.3 is 6.09 Å². The smallest absolute Gasteiger partial charge is 0.414 e. The highest BCUT2D eigenvalue weighted by atomic mass is 32.2. The number of benzene rings is 1. The predicted molar refractivity (Wildman–Crippen MR) is 91.1 cm³/mol. The van der Waals surface area contributed by atoms with E-state index in [0.717, 1.165) is 0 Å². The van der Waals surface area contributed by atoms with Crippen molar-refractivity contribution >= 4 is 27.5 Å². The first-order valence-corrected chi connectivity index (χ1v) is 10.3. The van der Waals surface area contributed by atoms with Crippen LogP contribution in [0.3, 0.4) is 0 Å². The minimum atomic E-state index is -2.97. The van der Waals surface area contributed by atoms with Gasteiger partial charge in [0.2, 0.25) is 5.91 Å². The van der Waals surface area contributed by atoms with Crippen molar-refractivity contribution in [3.8, 4) is 0 Å². The van der Waals surface area contributed by atoms with Crippen LogP contribution in [0.2, 0.25) is 0 Å². The van der Waals surface area contributed by atoms with Crippen LogP contribution in [0.15, 0.2) is 18.2 Å². The normalized spacial score (nSPS) is 31.5. The number of hydrogen-bond donors (Lipinski definition) is 1. The zero-order chi connectivity index (χ0) is 18.6. The molecular formula is C17H19FN2O5S. The molecule has 2 amide bonds. The van der Waals surface area contributed by atoms with Gasteiger partial charge < -0.3 is 10.1 Å². The van der Waals surface area contributed by atoms with Crippen molar-refractivity contribution in [1.82, 2.24) is 5.32 Å². The molecule has 1 aromatic carbocycles. The summed E-state index contributed by atoms with van der Waals surface area (Å²) in [4.78, 5) is 24.3. The Bertz CT molecular complexity index is 869. The molecule has 1 N–H and O–H groups in total. The second kappa shape index (κ2) is 5.94. The van der Waals surface area contributed by atoms with E-state index in [9.17, 15) is 22.4 Å². The summed E-state index contributed by atoms with van der Waals surface area (Å²) in [7, 11) is -2.97. The highest BCUT2D eigenvalue weighted by Gasteiger charge is 2.59. The Morgan fingerprint density at radius 1 is 1.35 bits per heavy atom. The minimum absolute atomic E-state index is 0.0131. The van der Waals surface area contributed by atoms with E-state index in [-0.39, 0.29) is 48.3 Å². The number of nitrogens with zero attached hydrogens (tertiary/aromatic N) is 1. The quantitative estimate of drug-likeness (QED) is 0.840. The number of nitrogens with one attached hydrogen (secondary N) is 1. The zero-order valence-corrected chi connectivity index (χ0v) is 15.0. The van der Waals surface area contributed by atoms with Gasteiger partial charge in [0.05, 0.1) is 30.3 Å². The Labute approximate surface area is 150 Å². The summed E-state index contributed by atoms with van der Waals surface area (Å²) >= 11 is 0. The van der Waals surface area contributed by atoms with Crippen LogP contribution < -0.4 is 10.2 Å². The van der Waals surface area contributed by atoms with Crippen LogP contribution in [0.25, 0.3) is 0 Å². The molecule has 7 nitrogen and oxygen atoms in total. The summed E-state index contributed by atoms with van der Waals surface area (Å²) in [5.41, 5.74) is 0.904. The fraction of sp³-hybridized carbons (Fsp3) is 0.529. The molecule has 9 heteroatoms. The number of hydrogen-bond acceptors (Lipinski definition) is 5. The molecule has 140 valence electrons. The number of cyclic esters (lactones) is 1. The number of amides is 2. The van der Waals surface area contributed by atoms with Gasteiger partial charge in [0.15, 0.2) is 9.84 Å². The van der Waals surface area contributed by atoms with Crippen molar-refractivity contribution in [2.45, 2.75) is 18.9 Å². The molecule has 0 radical (unpaired) electrons. The first-order valence-electron chi connectivity index (χ1n) is 8.47. The lowest BCUT2D eigenvalue weighted by Crippen LogP contribution is -2.33. The predicted octanol–water partition coefficient (Wildman–Crippen LogP) is 1.04. The monoisotopic (exact) mass is 382 g/mol. The lowest BCUT2D eigenvalue weighted by atomic mass is 10.1. The molecule has 1 unspecified atom stereocenters. The molecule has 26 heavy (non-hydrogen) atoms. The van der Waals surface area contributed by atoms with E-state index in [1.807, 2.05) is 0 Å². The molecule has 0 spiro atoms.